The number of phenols is 1. The van der Waals surface area contributed by atoms with Gasteiger partial charge in [0.2, 0.25) is 0 Å². The van der Waals surface area contributed by atoms with E-state index in [1.165, 1.54) is 0 Å². The molecule has 2 atom stereocenters. The monoisotopic (exact) mass is 313 g/mol. The van der Waals surface area contributed by atoms with Crippen LogP contribution < -0.4 is 0 Å². The first-order chi connectivity index (χ1) is 9.78. The topological polar surface area (TPSA) is 94.9 Å². The normalized spacial score (nSPS) is 23.6. The molecule has 2 unspecified atom stereocenters. The van der Waals surface area contributed by atoms with E-state index in [-0.39, 0.29) is 29.7 Å². The number of hydrogen-bond acceptors (Lipinski definition) is 5. The highest BCUT2D eigenvalue weighted by Gasteiger charge is 2.35. The molecule has 2 N–H and O–H groups in total. The van der Waals surface area contributed by atoms with Gasteiger partial charge < -0.3 is 10.2 Å². The van der Waals surface area contributed by atoms with E-state index in [1.807, 2.05) is 17.9 Å². The van der Waals surface area contributed by atoms with Crippen molar-refractivity contribution in [2.24, 2.45) is 0 Å². The zero-order valence-electron chi connectivity index (χ0n) is 11.8. The van der Waals surface area contributed by atoms with E-state index in [9.17, 15) is 18.3 Å². The Bertz CT molecular complexity index is 628. The van der Waals surface area contributed by atoms with Gasteiger partial charge in [0.05, 0.1) is 17.9 Å². The van der Waals surface area contributed by atoms with Crippen molar-refractivity contribution in [3.63, 3.8) is 0 Å². The molecule has 1 aliphatic heterocycles. The van der Waals surface area contributed by atoms with E-state index in [0.29, 0.717) is 6.54 Å². The standard InChI is InChI=1S/C14H19NO5S/c1-10(11-3-2-4-13(16)7-11)15-5-6-21(19,20)9-12(15)8-14(17)18/h2-4,7,10,12,16H,5-6,8-9H2,1H3,(H,17,18). The first-order valence-electron chi connectivity index (χ1n) is 6.75. The Morgan fingerprint density at radius 2 is 2.19 bits per heavy atom. The summed E-state index contributed by atoms with van der Waals surface area (Å²) < 4.78 is 23.5. The van der Waals surface area contributed by atoms with Gasteiger partial charge in [-0.3, -0.25) is 9.69 Å². The van der Waals surface area contributed by atoms with Crippen LogP contribution in [0.25, 0.3) is 0 Å². The molecular weight excluding hydrogens is 294 g/mol. The molecule has 21 heavy (non-hydrogen) atoms. The highest BCUT2D eigenvalue weighted by Crippen LogP contribution is 2.28. The summed E-state index contributed by atoms with van der Waals surface area (Å²) in [4.78, 5) is 12.9. The van der Waals surface area contributed by atoms with Crippen molar-refractivity contribution in [1.29, 1.82) is 0 Å². The number of benzene rings is 1. The van der Waals surface area contributed by atoms with Crippen molar-refractivity contribution in [3.05, 3.63) is 29.8 Å². The minimum atomic E-state index is -3.19. The Balaban J connectivity index is 2.24. The third-order valence-corrected chi connectivity index (χ3v) is 5.53. The Kier molecular flexibility index (Phi) is 4.53. The van der Waals surface area contributed by atoms with Crippen LogP contribution in [0.5, 0.6) is 5.75 Å². The fourth-order valence-corrected chi connectivity index (χ4v) is 4.31. The van der Waals surface area contributed by atoms with Crippen LogP contribution in [0.3, 0.4) is 0 Å². The summed E-state index contributed by atoms with van der Waals surface area (Å²) in [5, 5.41) is 18.5. The predicted molar refractivity (Wildman–Crippen MR) is 77.9 cm³/mol. The quantitative estimate of drug-likeness (QED) is 0.862. The second-order valence-corrected chi connectivity index (χ2v) is 7.60. The average Bonchev–Trinajstić information content (AvgIpc) is 2.36. The van der Waals surface area contributed by atoms with Gasteiger partial charge in [-0.15, -0.1) is 0 Å². The molecule has 1 aliphatic rings. The van der Waals surface area contributed by atoms with Crippen LogP contribution in [0.4, 0.5) is 0 Å². The highest BCUT2D eigenvalue weighted by molar-refractivity contribution is 7.91. The Morgan fingerprint density at radius 3 is 2.81 bits per heavy atom. The maximum Gasteiger partial charge on any atom is 0.304 e. The van der Waals surface area contributed by atoms with E-state index >= 15 is 0 Å². The van der Waals surface area contributed by atoms with Gasteiger partial charge in [-0.05, 0) is 24.6 Å². The Labute approximate surface area is 123 Å². The summed E-state index contributed by atoms with van der Waals surface area (Å²) in [5.74, 6) is -0.974. The van der Waals surface area contributed by atoms with Crippen molar-refractivity contribution in [3.8, 4) is 5.75 Å². The van der Waals surface area contributed by atoms with E-state index in [2.05, 4.69) is 0 Å². The zero-order valence-corrected chi connectivity index (χ0v) is 12.6. The number of nitrogens with zero attached hydrogens (tertiary/aromatic N) is 1. The summed E-state index contributed by atoms with van der Waals surface area (Å²) in [5.41, 5.74) is 0.838. The smallest absolute Gasteiger partial charge is 0.304 e. The first kappa shape index (κ1) is 15.8. The average molecular weight is 313 g/mol. The molecule has 0 radical (unpaired) electrons. The third-order valence-electron chi connectivity index (χ3n) is 3.84. The maximum atomic E-state index is 11.7. The highest BCUT2D eigenvalue weighted by atomic mass is 32.2. The Morgan fingerprint density at radius 1 is 1.48 bits per heavy atom. The minimum Gasteiger partial charge on any atom is -0.508 e. The lowest BCUT2D eigenvalue weighted by atomic mass is 10.0. The Hall–Kier alpha value is -1.60. The van der Waals surface area contributed by atoms with Crippen LogP contribution in [0.2, 0.25) is 0 Å². The fourth-order valence-electron chi connectivity index (χ4n) is 2.76. The molecule has 1 aromatic rings. The fraction of sp³-hybridized carbons (Fsp3) is 0.500. The SMILES string of the molecule is CC(c1cccc(O)c1)N1CCS(=O)(=O)CC1CC(=O)O. The number of carboxylic acid groups (broad SMARTS) is 1. The van der Waals surface area contributed by atoms with Gasteiger partial charge in [0.15, 0.2) is 9.84 Å². The van der Waals surface area contributed by atoms with Crippen molar-refractivity contribution >= 4 is 15.8 Å². The first-order valence-corrected chi connectivity index (χ1v) is 8.57. The van der Waals surface area contributed by atoms with Crippen LogP contribution in [-0.2, 0) is 14.6 Å². The predicted octanol–water partition coefficient (Wildman–Crippen LogP) is 1.03. The maximum absolute atomic E-state index is 11.7. The molecule has 0 aliphatic carbocycles. The van der Waals surface area contributed by atoms with E-state index in [1.54, 1.807) is 18.2 Å². The number of phenolic OH excluding ortho intramolecular Hbond substituents is 1. The number of hydrogen-bond donors (Lipinski definition) is 2. The molecule has 7 heteroatoms. The summed E-state index contributed by atoms with van der Waals surface area (Å²) in [7, 11) is -3.19. The van der Waals surface area contributed by atoms with Crippen molar-refractivity contribution in [1.82, 2.24) is 4.90 Å². The van der Waals surface area contributed by atoms with Gasteiger partial charge in [0.1, 0.15) is 5.75 Å². The summed E-state index contributed by atoms with van der Waals surface area (Å²) in [6, 6.07) is 6.03. The number of sulfone groups is 1. The molecule has 0 amide bonds. The van der Waals surface area contributed by atoms with Gasteiger partial charge in [0.25, 0.3) is 0 Å². The van der Waals surface area contributed by atoms with Crippen molar-refractivity contribution < 1.29 is 23.4 Å². The zero-order chi connectivity index (χ0) is 15.6. The summed E-state index contributed by atoms with van der Waals surface area (Å²) in [6.07, 6.45) is -0.206. The second kappa shape index (κ2) is 6.03. The van der Waals surface area contributed by atoms with Crippen LogP contribution in [-0.4, -0.2) is 53.6 Å². The second-order valence-electron chi connectivity index (χ2n) is 5.37. The molecule has 6 nitrogen and oxygen atoms in total. The molecule has 1 heterocycles. The molecule has 1 saturated heterocycles. The summed E-state index contributed by atoms with van der Waals surface area (Å²) >= 11 is 0. The lowest BCUT2D eigenvalue weighted by Gasteiger charge is -2.39. The van der Waals surface area contributed by atoms with Crippen LogP contribution in [0.1, 0.15) is 24.9 Å². The molecule has 1 fully saturated rings. The molecule has 0 spiro atoms. The molecule has 0 saturated carbocycles. The number of aliphatic carboxylic acids is 1. The third kappa shape index (κ3) is 3.95. The molecule has 2 rings (SSSR count). The molecule has 116 valence electrons. The number of carbonyl (C=O) groups is 1. The van der Waals surface area contributed by atoms with Crippen LogP contribution in [0, 0.1) is 0 Å². The molecule has 0 bridgehead atoms. The van der Waals surface area contributed by atoms with Crippen molar-refractivity contribution in [2.45, 2.75) is 25.4 Å². The number of aromatic hydroxyl groups is 1. The van der Waals surface area contributed by atoms with E-state index in [4.69, 9.17) is 5.11 Å². The lowest BCUT2D eigenvalue weighted by molar-refractivity contribution is -0.138. The van der Waals surface area contributed by atoms with Gasteiger partial charge in [-0.2, -0.15) is 0 Å². The summed E-state index contributed by atoms with van der Waals surface area (Å²) in [6.45, 7) is 2.19. The lowest BCUT2D eigenvalue weighted by Crippen LogP contribution is -2.50. The molecule has 0 aromatic heterocycles. The minimum absolute atomic E-state index is 0.0340. The van der Waals surface area contributed by atoms with Crippen LogP contribution in [0.15, 0.2) is 24.3 Å². The van der Waals surface area contributed by atoms with Crippen molar-refractivity contribution in [2.75, 3.05) is 18.1 Å². The molecular formula is C14H19NO5S. The number of carboxylic acids is 1. The largest absolute Gasteiger partial charge is 0.508 e. The number of rotatable bonds is 4. The van der Waals surface area contributed by atoms with Crippen LogP contribution >= 0.6 is 0 Å². The van der Waals surface area contributed by atoms with Gasteiger partial charge in [0, 0.05) is 18.6 Å². The van der Waals surface area contributed by atoms with Gasteiger partial charge in [-0.1, -0.05) is 12.1 Å². The van der Waals surface area contributed by atoms with E-state index < -0.39 is 21.8 Å². The van der Waals surface area contributed by atoms with Gasteiger partial charge in [-0.25, -0.2) is 8.42 Å². The van der Waals surface area contributed by atoms with Gasteiger partial charge >= 0.3 is 5.97 Å². The molecule has 1 aromatic carbocycles. The van der Waals surface area contributed by atoms with E-state index in [0.717, 1.165) is 5.56 Å².